The van der Waals surface area contributed by atoms with E-state index in [-0.39, 0.29) is 5.91 Å². The molecule has 12 heavy (non-hydrogen) atoms. The van der Waals surface area contributed by atoms with Gasteiger partial charge in [-0.2, -0.15) is 0 Å². The minimum atomic E-state index is 0.0456. The highest BCUT2D eigenvalue weighted by Crippen LogP contribution is 2.18. The Morgan fingerprint density at radius 2 is 2.33 bits per heavy atom. The first kappa shape index (κ1) is 7.31. The average Bonchev–Trinajstić information content (AvgIpc) is 2.48. The zero-order chi connectivity index (χ0) is 8.55. The van der Waals surface area contributed by atoms with Crippen molar-refractivity contribution >= 4 is 5.91 Å². The van der Waals surface area contributed by atoms with Gasteiger partial charge in [-0.1, -0.05) is 18.2 Å². The molecule has 0 bridgehead atoms. The molecule has 1 aliphatic heterocycles. The van der Waals surface area contributed by atoms with Gasteiger partial charge in [0, 0.05) is 12.1 Å². The van der Waals surface area contributed by atoms with Crippen molar-refractivity contribution in [2.24, 2.45) is 0 Å². The lowest BCUT2D eigenvalue weighted by atomic mass is 10.0. The summed E-state index contributed by atoms with van der Waals surface area (Å²) in [6.45, 7) is 1.35. The Morgan fingerprint density at radius 1 is 1.50 bits per heavy atom. The first-order valence-corrected chi connectivity index (χ1v) is 4.01. The molecule has 0 aliphatic carbocycles. The molecule has 1 heterocycles. The number of carbonyl (C=O) groups is 1. The summed E-state index contributed by atoms with van der Waals surface area (Å²) in [4.78, 5) is 11.3. The van der Waals surface area contributed by atoms with Crippen molar-refractivity contribution in [3.63, 3.8) is 0 Å². The topological polar surface area (TPSA) is 56.7 Å². The fourth-order valence-corrected chi connectivity index (χ4v) is 1.56. The number of amides is 1. The Morgan fingerprint density at radius 3 is 3.08 bits per heavy atom. The lowest BCUT2D eigenvalue weighted by molar-refractivity contribution is -0.386. The molecule has 1 amide bonds. The second-order valence-electron chi connectivity index (χ2n) is 2.88. The fraction of sp³-hybridized carbons (Fsp3) is 0.222. The summed E-state index contributed by atoms with van der Waals surface area (Å²) < 4.78 is 0. The molecule has 1 aromatic rings. The van der Waals surface area contributed by atoms with Gasteiger partial charge in [-0.3, -0.25) is 4.79 Å². The second-order valence-corrected chi connectivity index (χ2v) is 2.88. The number of carbonyl (C=O) groups excluding carboxylic acids is 1. The molecular formula is C9H11N2O+. The zero-order valence-corrected chi connectivity index (χ0v) is 6.76. The average molecular weight is 163 g/mol. The molecule has 0 unspecified atom stereocenters. The molecule has 0 saturated carbocycles. The summed E-state index contributed by atoms with van der Waals surface area (Å²) >= 11 is 0. The van der Waals surface area contributed by atoms with Crippen LogP contribution in [-0.2, 0) is 13.1 Å². The van der Waals surface area contributed by atoms with Crippen LogP contribution in [0.15, 0.2) is 18.2 Å². The number of fused-ring (bicyclic) bond motifs is 1. The van der Waals surface area contributed by atoms with E-state index in [4.69, 9.17) is 0 Å². The molecular weight excluding hydrogens is 152 g/mol. The van der Waals surface area contributed by atoms with Crippen molar-refractivity contribution in [3.05, 3.63) is 34.9 Å². The first-order chi connectivity index (χ1) is 5.83. The molecule has 62 valence electrons. The third-order valence-electron chi connectivity index (χ3n) is 2.17. The van der Waals surface area contributed by atoms with E-state index < -0.39 is 0 Å². The maximum Gasteiger partial charge on any atom is 0.252 e. The van der Waals surface area contributed by atoms with Crippen LogP contribution >= 0.6 is 0 Å². The van der Waals surface area contributed by atoms with E-state index in [1.807, 2.05) is 18.2 Å². The van der Waals surface area contributed by atoms with Gasteiger partial charge in [0.1, 0.15) is 6.54 Å². The monoisotopic (exact) mass is 163 g/mol. The molecule has 3 heteroatoms. The fourth-order valence-electron chi connectivity index (χ4n) is 1.56. The van der Waals surface area contributed by atoms with Crippen LogP contribution in [0.4, 0.5) is 0 Å². The molecule has 0 radical (unpaired) electrons. The molecule has 3 nitrogen and oxygen atoms in total. The molecule has 1 aromatic carbocycles. The second kappa shape index (κ2) is 2.60. The normalized spacial score (nSPS) is 14.2. The van der Waals surface area contributed by atoms with Crippen LogP contribution in [0.5, 0.6) is 0 Å². The Bertz CT molecular complexity index is 333. The third kappa shape index (κ3) is 0.905. The number of nitrogens with one attached hydrogen (secondary N) is 1. The van der Waals surface area contributed by atoms with Crippen LogP contribution in [0.1, 0.15) is 21.5 Å². The number of quaternary nitrogens is 1. The van der Waals surface area contributed by atoms with Crippen LogP contribution in [0, 0.1) is 0 Å². The van der Waals surface area contributed by atoms with Crippen molar-refractivity contribution in [1.29, 1.82) is 0 Å². The van der Waals surface area contributed by atoms with E-state index in [9.17, 15) is 4.79 Å². The van der Waals surface area contributed by atoms with Gasteiger partial charge < -0.3 is 11.1 Å². The van der Waals surface area contributed by atoms with Crippen molar-refractivity contribution in [1.82, 2.24) is 5.32 Å². The van der Waals surface area contributed by atoms with Gasteiger partial charge in [-0.05, 0) is 5.56 Å². The summed E-state index contributed by atoms with van der Waals surface area (Å²) in [5.41, 5.74) is 6.77. The van der Waals surface area contributed by atoms with E-state index in [1.54, 1.807) is 0 Å². The molecule has 1 aliphatic rings. The molecule has 0 spiro atoms. The number of rotatable bonds is 1. The number of hydrogen-bond acceptors (Lipinski definition) is 1. The van der Waals surface area contributed by atoms with Gasteiger partial charge in [0.25, 0.3) is 5.91 Å². The van der Waals surface area contributed by atoms with E-state index in [0.717, 1.165) is 16.7 Å². The van der Waals surface area contributed by atoms with Crippen LogP contribution in [0.2, 0.25) is 0 Å². The summed E-state index contributed by atoms with van der Waals surface area (Å²) in [5.74, 6) is 0.0456. The lowest BCUT2D eigenvalue weighted by Crippen LogP contribution is -2.48. The van der Waals surface area contributed by atoms with E-state index in [0.29, 0.717) is 13.1 Å². The van der Waals surface area contributed by atoms with Crippen molar-refractivity contribution in [2.45, 2.75) is 13.1 Å². The van der Waals surface area contributed by atoms with Crippen molar-refractivity contribution in [2.75, 3.05) is 0 Å². The zero-order valence-electron chi connectivity index (χ0n) is 6.76. The molecule has 4 N–H and O–H groups in total. The minimum absolute atomic E-state index is 0.0456. The third-order valence-corrected chi connectivity index (χ3v) is 2.17. The van der Waals surface area contributed by atoms with Gasteiger partial charge in [0.05, 0.1) is 5.56 Å². The summed E-state index contributed by atoms with van der Waals surface area (Å²) in [6.07, 6.45) is 0. The van der Waals surface area contributed by atoms with E-state index in [1.165, 1.54) is 0 Å². The van der Waals surface area contributed by atoms with Crippen LogP contribution in [0.3, 0.4) is 0 Å². The highest BCUT2D eigenvalue weighted by atomic mass is 16.1. The predicted octanol–water partition coefficient (Wildman–Crippen LogP) is -0.328. The lowest BCUT2D eigenvalue weighted by Gasteiger charge is -1.99. The van der Waals surface area contributed by atoms with Gasteiger partial charge >= 0.3 is 0 Å². The first-order valence-electron chi connectivity index (χ1n) is 4.01. The Kier molecular flexibility index (Phi) is 1.59. The Hall–Kier alpha value is -1.35. The SMILES string of the molecule is [NH3+]Cc1cccc2c1C(=O)NC2. The van der Waals surface area contributed by atoms with Gasteiger partial charge in [-0.15, -0.1) is 0 Å². The summed E-state index contributed by atoms with van der Waals surface area (Å²) in [7, 11) is 0. The molecule has 0 atom stereocenters. The molecule has 0 saturated heterocycles. The Labute approximate surface area is 70.6 Å². The Balaban J connectivity index is 2.60. The summed E-state index contributed by atoms with van der Waals surface area (Å²) in [6, 6.07) is 5.91. The van der Waals surface area contributed by atoms with Crippen LogP contribution in [-0.4, -0.2) is 5.91 Å². The number of hydrogen-bond donors (Lipinski definition) is 2. The number of benzene rings is 1. The van der Waals surface area contributed by atoms with E-state index >= 15 is 0 Å². The quantitative estimate of drug-likeness (QED) is 0.585. The summed E-state index contributed by atoms with van der Waals surface area (Å²) in [5, 5.41) is 2.79. The van der Waals surface area contributed by atoms with E-state index in [2.05, 4.69) is 11.1 Å². The highest BCUT2D eigenvalue weighted by molar-refractivity contribution is 5.99. The van der Waals surface area contributed by atoms with Gasteiger partial charge in [0.15, 0.2) is 0 Å². The standard InChI is InChI=1S/C9H10N2O/c10-4-6-2-1-3-7-5-11-9(12)8(6)7/h1-3H,4-5,10H2,(H,11,12)/p+1. The highest BCUT2D eigenvalue weighted by Gasteiger charge is 2.21. The minimum Gasteiger partial charge on any atom is -0.354 e. The maximum atomic E-state index is 11.3. The molecule has 0 aromatic heterocycles. The maximum absolute atomic E-state index is 11.3. The predicted molar refractivity (Wildman–Crippen MR) is 44.2 cm³/mol. The molecule has 0 fully saturated rings. The smallest absolute Gasteiger partial charge is 0.252 e. The van der Waals surface area contributed by atoms with Crippen LogP contribution < -0.4 is 11.1 Å². The largest absolute Gasteiger partial charge is 0.354 e. The van der Waals surface area contributed by atoms with Gasteiger partial charge in [0.2, 0.25) is 0 Å². The van der Waals surface area contributed by atoms with Crippen LogP contribution in [0.25, 0.3) is 0 Å². The van der Waals surface area contributed by atoms with Gasteiger partial charge in [-0.25, -0.2) is 0 Å². The molecule has 2 rings (SSSR count). The van der Waals surface area contributed by atoms with Crippen molar-refractivity contribution < 1.29 is 10.5 Å². The van der Waals surface area contributed by atoms with Crippen molar-refractivity contribution in [3.8, 4) is 0 Å².